The first-order chi connectivity index (χ1) is 12.0. The molecule has 26 heavy (non-hydrogen) atoms. The molecule has 0 radical (unpaired) electrons. The minimum atomic E-state index is -0.471. The fourth-order valence-electron chi connectivity index (χ4n) is 3.77. The van der Waals surface area contributed by atoms with E-state index in [1.54, 1.807) is 19.1 Å². The molecular weight excluding hydrogens is 328 g/mol. The molecule has 140 valence electrons. The van der Waals surface area contributed by atoms with E-state index in [1.165, 1.54) is 12.3 Å². The van der Waals surface area contributed by atoms with Crippen LogP contribution in [0.15, 0.2) is 30.0 Å². The molecule has 1 aliphatic rings. The number of aryl methyl sites for hydroxylation is 1. The first-order valence-electron chi connectivity index (χ1n) is 8.78. The van der Waals surface area contributed by atoms with Crippen molar-refractivity contribution in [3.63, 3.8) is 0 Å². The molecule has 1 aromatic carbocycles. The SMILES string of the molecule is Cc1cc(O)ccc1NC(=O)/C(C#N)=C\NC1CC(C)(C)NC(C)(C)C1. The molecule has 1 aliphatic heterocycles. The Labute approximate surface area is 155 Å². The average molecular weight is 356 g/mol. The van der Waals surface area contributed by atoms with Gasteiger partial charge in [-0.1, -0.05) is 0 Å². The number of anilines is 1. The fraction of sp³-hybridized carbons (Fsp3) is 0.500. The first-order valence-corrected chi connectivity index (χ1v) is 8.78. The van der Waals surface area contributed by atoms with E-state index in [-0.39, 0.29) is 28.4 Å². The number of phenolic OH excluding ortho intramolecular Hbond substituents is 1. The summed E-state index contributed by atoms with van der Waals surface area (Å²) in [5.41, 5.74) is 1.27. The molecule has 0 atom stereocenters. The van der Waals surface area contributed by atoms with Gasteiger partial charge in [-0.2, -0.15) is 5.26 Å². The number of nitriles is 1. The van der Waals surface area contributed by atoms with E-state index in [0.29, 0.717) is 5.69 Å². The fourth-order valence-corrected chi connectivity index (χ4v) is 3.77. The van der Waals surface area contributed by atoms with Gasteiger partial charge in [-0.15, -0.1) is 0 Å². The molecule has 1 amide bonds. The van der Waals surface area contributed by atoms with Crippen molar-refractivity contribution in [2.45, 2.75) is 64.6 Å². The smallest absolute Gasteiger partial charge is 0.267 e. The third kappa shape index (κ3) is 5.24. The Balaban J connectivity index is 2.07. The summed E-state index contributed by atoms with van der Waals surface area (Å²) in [4.78, 5) is 12.4. The van der Waals surface area contributed by atoms with E-state index in [0.717, 1.165) is 18.4 Å². The van der Waals surface area contributed by atoms with E-state index in [9.17, 15) is 15.2 Å². The molecule has 0 bridgehead atoms. The zero-order valence-corrected chi connectivity index (χ0v) is 16.1. The molecule has 1 fully saturated rings. The summed E-state index contributed by atoms with van der Waals surface area (Å²) in [6.07, 6.45) is 3.29. The van der Waals surface area contributed by atoms with Gasteiger partial charge in [0.15, 0.2) is 0 Å². The molecule has 0 unspecified atom stereocenters. The lowest BCUT2D eigenvalue weighted by molar-refractivity contribution is -0.112. The molecular formula is C20H28N4O2. The molecule has 1 aromatic rings. The molecule has 4 N–H and O–H groups in total. The lowest BCUT2D eigenvalue weighted by atomic mass is 9.80. The highest BCUT2D eigenvalue weighted by Crippen LogP contribution is 2.28. The molecule has 0 spiro atoms. The van der Waals surface area contributed by atoms with Crippen LogP contribution in [0.5, 0.6) is 5.75 Å². The Hall–Kier alpha value is -2.52. The number of piperidine rings is 1. The van der Waals surface area contributed by atoms with Gasteiger partial charge in [0, 0.05) is 29.0 Å². The highest BCUT2D eigenvalue weighted by molar-refractivity contribution is 6.06. The average Bonchev–Trinajstić information content (AvgIpc) is 2.47. The van der Waals surface area contributed by atoms with Gasteiger partial charge in [0.1, 0.15) is 17.4 Å². The summed E-state index contributed by atoms with van der Waals surface area (Å²) in [6, 6.07) is 6.80. The molecule has 0 aliphatic carbocycles. The number of nitrogens with zero attached hydrogens (tertiary/aromatic N) is 1. The minimum Gasteiger partial charge on any atom is -0.508 e. The second-order valence-corrected chi connectivity index (χ2v) is 8.29. The zero-order valence-electron chi connectivity index (χ0n) is 16.1. The van der Waals surface area contributed by atoms with Crippen LogP contribution in [0.1, 0.15) is 46.1 Å². The number of hydrogen-bond donors (Lipinski definition) is 4. The number of benzene rings is 1. The van der Waals surface area contributed by atoms with E-state index < -0.39 is 5.91 Å². The van der Waals surface area contributed by atoms with Gasteiger partial charge in [0.25, 0.3) is 5.91 Å². The molecule has 0 aromatic heterocycles. The maximum Gasteiger partial charge on any atom is 0.267 e. The number of amides is 1. The van der Waals surface area contributed by atoms with Gasteiger partial charge in [-0.3, -0.25) is 4.79 Å². The lowest BCUT2D eigenvalue weighted by Gasteiger charge is -2.46. The van der Waals surface area contributed by atoms with Gasteiger partial charge in [-0.05, 0) is 71.2 Å². The quantitative estimate of drug-likeness (QED) is 0.378. The summed E-state index contributed by atoms with van der Waals surface area (Å²) in [5, 5.41) is 28.4. The Morgan fingerprint density at radius 1 is 1.31 bits per heavy atom. The second-order valence-electron chi connectivity index (χ2n) is 8.29. The number of phenols is 1. The van der Waals surface area contributed by atoms with Crippen LogP contribution in [0.3, 0.4) is 0 Å². The van der Waals surface area contributed by atoms with Crippen molar-refractivity contribution in [3.8, 4) is 11.8 Å². The van der Waals surface area contributed by atoms with Crippen molar-refractivity contribution in [1.82, 2.24) is 10.6 Å². The summed E-state index contributed by atoms with van der Waals surface area (Å²) in [5.74, 6) is -0.337. The van der Waals surface area contributed by atoms with Crippen LogP contribution < -0.4 is 16.0 Å². The van der Waals surface area contributed by atoms with Crippen molar-refractivity contribution in [3.05, 3.63) is 35.5 Å². The summed E-state index contributed by atoms with van der Waals surface area (Å²) in [7, 11) is 0. The Morgan fingerprint density at radius 2 is 1.92 bits per heavy atom. The second kappa shape index (κ2) is 7.38. The van der Waals surface area contributed by atoms with Crippen LogP contribution >= 0.6 is 0 Å². The molecule has 6 heteroatoms. The van der Waals surface area contributed by atoms with Crippen LogP contribution in [-0.4, -0.2) is 28.1 Å². The maximum absolute atomic E-state index is 12.4. The molecule has 1 heterocycles. The normalized spacial score (nSPS) is 19.5. The van der Waals surface area contributed by atoms with Gasteiger partial charge < -0.3 is 21.1 Å². The molecule has 1 saturated heterocycles. The minimum absolute atomic E-state index is 0.0200. The number of hydrogen-bond acceptors (Lipinski definition) is 5. The predicted octanol–water partition coefficient (Wildman–Crippen LogP) is 2.95. The highest BCUT2D eigenvalue weighted by Gasteiger charge is 2.37. The van der Waals surface area contributed by atoms with Crippen LogP contribution in [0.2, 0.25) is 0 Å². The van der Waals surface area contributed by atoms with Crippen LogP contribution in [0, 0.1) is 18.3 Å². The van der Waals surface area contributed by atoms with Crippen molar-refractivity contribution < 1.29 is 9.90 Å². The Morgan fingerprint density at radius 3 is 2.46 bits per heavy atom. The number of carbonyl (C=O) groups is 1. The first kappa shape index (κ1) is 19.8. The van der Waals surface area contributed by atoms with E-state index in [1.807, 2.05) is 6.07 Å². The van der Waals surface area contributed by atoms with Crippen LogP contribution in [0.25, 0.3) is 0 Å². The molecule has 2 rings (SSSR count). The standard InChI is InChI=1S/C20H28N4O2/c1-13-8-16(25)6-7-17(13)23-18(26)14(11-21)12-22-15-9-19(2,3)24-20(4,5)10-15/h6-8,12,15,22,24-25H,9-10H2,1-5H3,(H,23,26)/b14-12-. The van der Waals surface area contributed by atoms with E-state index in [2.05, 4.69) is 43.6 Å². The van der Waals surface area contributed by atoms with Crippen molar-refractivity contribution >= 4 is 11.6 Å². The number of nitrogens with one attached hydrogen (secondary N) is 3. The topological polar surface area (TPSA) is 97.2 Å². The third-order valence-electron chi connectivity index (χ3n) is 4.48. The van der Waals surface area contributed by atoms with Gasteiger partial charge in [0.2, 0.25) is 0 Å². The Kier molecular flexibility index (Phi) is 5.62. The maximum atomic E-state index is 12.4. The molecule has 0 saturated carbocycles. The highest BCUT2D eigenvalue weighted by atomic mass is 16.3. The van der Waals surface area contributed by atoms with Crippen LogP contribution in [-0.2, 0) is 4.79 Å². The lowest BCUT2D eigenvalue weighted by Crippen LogP contribution is -2.61. The summed E-state index contributed by atoms with van der Waals surface area (Å²) < 4.78 is 0. The summed E-state index contributed by atoms with van der Waals surface area (Å²) in [6.45, 7) is 10.4. The molecule has 6 nitrogen and oxygen atoms in total. The third-order valence-corrected chi connectivity index (χ3v) is 4.48. The van der Waals surface area contributed by atoms with Gasteiger partial charge >= 0.3 is 0 Å². The Bertz CT molecular complexity index is 744. The van der Waals surface area contributed by atoms with E-state index in [4.69, 9.17) is 0 Å². The van der Waals surface area contributed by atoms with Crippen molar-refractivity contribution in [2.75, 3.05) is 5.32 Å². The largest absolute Gasteiger partial charge is 0.508 e. The van der Waals surface area contributed by atoms with Crippen molar-refractivity contribution in [1.29, 1.82) is 5.26 Å². The zero-order chi connectivity index (χ0) is 19.5. The van der Waals surface area contributed by atoms with E-state index >= 15 is 0 Å². The van der Waals surface area contributed by atoms with Gasteiger partial charge in [-0.25, -0.2) is 0 Å². The van der Waals surface area contributed by atoms with Gasteiger partial charge in [0.05, 0.1) is 0 Å². The summed E-state index contributed by atoms with van der Waals surface area (Å²) >= 11 is 0. The van der Waals surface area contributed by atoms with Crippen molar-refractivity contribution in [2.24, 2.45) is 0 Å². The van der Waals surface area contributed by atoms with Crippen LogP contribution in [0.4, 0.5) is 5.69 Å². The number of carbonyl (C=O) groups excluding carboxylic acids is 1. The number of rotatable bonds is 4. The predicted molar refractivity (Wildman–Crippen MR) is 103 cm³/mol. The number of aromatic hydroxyl groups is 1. The monoisotopic (exact) mass is 356 g/mol.